The number of rotatable bonds is 6. The van der Waals surface area contributed by atoms with E-state index in [1.165, 1.54) is 0 Å². The van der Waals surface area contributed by atoms with Gasteiger partial charge in [0, 0.05) is 39.8 Å². The highest BCUT2D eigenvalue weighted by Crippen LogP contribution is 2.07. The van der Waals surface area contributed by atoms with E-state index < -0.39 is 6.04 Å². The van der Waals surface area contributed by atoms with Crippen LogP contribution in [0.3, 0.4) is 0 Å². The smallest absolute Gasteiger partial charge is 0.239 e. The van der Waals surface area contributed by atoms with Crippen molar-refractivity contribution in [1.82, 2.24) is 9.80 Å². The number of nitrogens with two attached hydrogens (primary N) is 1. The summed E-state index contributed by atoms with van der Waals surface area (Å²) >= 11 is 0. The Hall–Kier alpha value is -1.43. The molecule has 1 atom stereocenters. The van der Waals surface area contributed by atoms with E-state index in [4.69, 9.17) is 10.5 Å². The van der Waals surface area contributed by atoms with Crippen molar-refractivity contribution in [3.8, 4) is 0 Å². The molecule has 1 fully saturated rings. The summed E-state index contributed by atoms with van der Waals surface area (Å²) in [6.45, 7) is 4.96. The third kappa shape index (κ3) is 4.81. The molecular weight excluding hydrogens is 266 g/mol. The number of methoxy groups -OCH3 is 1. The van der Waals surface area contributed by atoms with Gasteiger partial charge in [0.15, 0.2) is 0 Å². The summed E-state index contributed by atoms with van der Waals surface area (Å²) < 4.78 is 5.08. The molecule has 21 heavy (non-hydrogen) atoms. The van der Waals surface area contributed by atoms with E-state index in [9.17, 15) is 4.79 Å². The largest absolute Gasteiger partial charge is 0.383 e. The molecule has 1 saturated heterocycles. The van der Waals surface area contributed by atoms with Crippen LogP contribution in [-0.2, 0) is 16.0 Å². The summed E-state index contributed by atoms with van der Waals surface area (Å²) in [5.41, 5.74) is 7.18. The standard InChI is InChI=1S/C16H25N3O2/c1-21-12-11-18-7-9-19(10-8-18)16(20)15(17)13-14-5-3-2-4-6-14/h2-6,15H,7-13,17H2,1H3. The Kier molecular flexibility index (Phi) is 6.17. The quantitative estimate of drug-likeness (QED) is 0.821. The van der Waals surface area contributed by atoms with Gasteiger partial charge in [0.25, 0.3) is 0 Å². The van der Waals surface area contributed by atoms with Gasteiger partial charge in [-0.05, 0) is 12.0 Å². The number of carbonyl (C=O) groups excluding carboxylic acids is 1. The minimum atomic E-state index is -0.446. The highest BCUT2D eigenvalue weighted by molar-refractivity contribution is 5.82. The Morgan fingerprint density at radius 2 is 1.90 bits per heavy atom. The normalized spacial score (nSPS) is 17.7. The number of carbonyl (C=O) groups is 1. The van der Waals surface area contributed by atoms with Gasteiger partial charge in [-0.3, -0.25) is 9.69 Å². The van der Waals surface area contributed by atoms with Gasteiger partial charge in [0.2, 0.25) is 5.91 Å². The second-order valence-corrected chi connectivity index (χ2v) is 5.46. The number of nitrogens with zero attached hydrogens (tertiary/aromatic N) is 2. The Morgan fingerprint density at radius 3 is 2.52 bits per heavy atom. The summed E-state index contributed by atoms with van der Waals surface area (Å²) in [4.78, 5) is 16.6. The van der Waals surface area contributed by atoms with Crippen molar-refractivity contribution < 1.29 is 9.53 Å². The van der Waals surface area contributed by atoms with Crippen LogP contribution in [0.25, 0.3) is 0 Å². The van der Waals surface area contributed by atoms with Crippen LogP contribution in [0.5, 0.6) is 0 Å². The van der Waals surface area contributed by atoms with E-state index in [1.807, 2.05) is 35.2 Å². The maximum atomic E-state index is 12.4. The van der Waals surface area contributed by atoms with Crippen molar-refractivity contribution >= 4 is 5.91 Å². The van der Waals surface area contributed by atoms with E-state index in [-0.39, 0.29) is 5.91 Å². The predicted molar refractivity (Wildman–Crippen MR) is 83.0 cm³/mol. The molecule has 116 valence electrons. The molecule has 1 amide bonds. The van der Waals surface area contributed by atoms with E-state index in [2.05, 4.69) is 4.90 Å². The topological polar surface area (TPSA) is 58.8 Å². The summed E-state index contributed by atoms with van der Waals surface area (Å²) in [6, 6.07) is 9.49. The Morgan fingerprint density at radius 1 is 1.24 bits per heavy atom. The summed E-state index contributed by atoms with van der Waals surface area (Å²) in [6.07, 6.45) is 0.601. The highest BCUT2D eigenvalue weighted by atomic mass is 16.5. The molecule has 1 aromatic rings. The molecule has 5 heteroatoms. The lowest BCUT2D eigenvalue weighted by molar-refractivity contribution is -0.134. The Bertz CT molecular complexity index is 430. The van der Waals surface area contributed by atoms with Crippen LogP contribution in [0.2, 0.25) is 0 Å². The van der Waals surface area contributed by atoms with Crippen molar-refractivity contribution in [1.29, 1.82) is 0 Å². The fourth-order valence-electron chi connectivity index (χ4n) is 2.60. The fourth-order valence-corrected chi connectivity index (χ4v) is 2.60. The molecule has 0 spiro atoms. The first kappa shape index (κ1) is 15.9. The number of hydrogen-bond donors (Lipinski definition) is 1. The van der Waals surface area contributed by atoms with E-state index in [0.29, 0.717) is 6.42 Å². The fraction of sp³-hybridized carbons (Fsp3) is 0.562. The molecular formula is C16H25N3O2. The number of benzene rings is 1. The van der Waals surface area contributed by atoms with Gasteiger partial charge < -0.3 is 15.4 Å². The lowest BCUT2D eigenvalue weighted by atomic mass is 10.1. The van der Waals surface area contributed by atoms with Gasteiger partial charge in [0.1, 0.15) is 0 Å². The van der Waals surface area contributed by atoms with Gasteiger partial charge in [-0.25, -0.2) is 0 Å². The molecule has 2 rings (SSSR count). The van der Waals surface area contributed by atoms with Crippen LogP contribution in [0.4, 0.5) is 0 Å². The molecule has 2 N–H and O–H groups in total. The Labute approximate surface area is 126 Å². The third-order valence-corrected chi connectivity index (χ3v) is 3.91. The molecule has 1 aliphatic heterocycles. The van der Waals surface area contributed by atoms with Gasteiger partial charge in [0.05, 0.1) is 12.6 Å². The maximum absolute atomic E-state index is 12.4. The van der Waals surface area contributed by atoms with E-state index >= 15 is 0 Å². The molecule has 0 saturated carbocycles. The lowest BCUT2D eigenvalue weighted by Gasteiger charge is -2.35. The minimum absolute atomic E-state index is 0.0604. The molecule has 0 aliphatic carbocycles. The van der Waals surface area contributed by atoms with E-state index in [0.717, 1.165) is 44.9 Å². The summed E-state index contributed by atoms with van der Waals surface area (Å²) in [5, 5.41) is 0. The average Bonchev–Trinajstić information content (AvgIpc) is 2.53. The van der Waals surface area contributed by atoms with Crippen molar-refractivity contribution in [3.05, 3.63) is 35.9 Å². The third-order valence-electron chi connectivity index (χ3n) is 3.91. The van der Waals surface area contributed by atoms with Crippen molar-refractivity contribution in [2.45, 2.75) is 12.5 Å². The van der Waals surface area contributed by atoms with Gasteiger partial charge in [-0.15, -0.1) is 0 Å². The molecule has 1 unspecified atom stereocenters. The van der Waals surface area contributed by atoms with Crippen LogP contribution in [0.15, 0.2) is 30.3 Å². The first-order valence-electron chi connectivity index (χ1n) is 7.50. The van der Waals surface area contributed by atoms with Crippen LogP contribution < -0.4 is 5.73 Å². The van der Waals surface area contributed by atoms with Crippen molar-refractivity contribution in [3.63, 3.8) is 0 Å². The first-order chi connectivity index (χ1) is 10.2. The molecule has 1 aliphatic rings. The SMILES string of the molecule is COCCN1CCN(C(=O)C(N)Cc2ccccc2)CC1. The second-order valence-electron chi connectivity index (χ2n) is 5.46. The van der Waals surface area contributed by atoms with Crippen LogP contribution >= 0.6 is 0 Å². The Balaban J connectivity index is 1.78. The van der Waals surface area contributed by atoms with Crippen LogP contribution in [-0.4, -0.2) is 68.2 Å². The maximum Gasteiger partial charge on any atom is 0.239 e. The number of amides is 1. The van der Waals surface area contributed by atoms with E-state index in [1.54, 1.807) is 7.11 Å². The zero-order valence-corrected chi connectivity index (χ0v) is 12.7. The van der Waals surface area contributed by atoms with Gasteiger partial charge in [-0.2, -0.15) is 0 Å². The minimum Gasteiger partial charge on any atom is -0.383 e. The number of piperazine rings is 1. The molecule has 1 aromatic carbocycles. The highest BCUT2D eigenvalue weighted by Gasteiger charge is 2.25. The van der Waals surface area contributed by atoms with Crippen LogP contribution in [0.1, 0.15) is 5.56 Å². The summed E-state index contributed by atoms with van der Waals surface area (Å²) in [7, 11) is 1.71. The number of ether oxygens (including phenoxy) is 1. The zero-order chi connectivity index (χ0) is 15.1. The van der Waals surface area contributed by atoms with Gasteiger partial charge in [-0.1, -0.05) is 30.3 Å². The number of hydrogen-bond acceptors (Lipinski definition) is 4. The van der Waals surface area contributed by atoms with Crippen LogP contribution in [0, 0.1) is 0 Å². The monoisotopic (exact) mass is 291 g/mol. The summed E-state index contributed by atoms with van der Waals surface area (Å²) in [5.74, 6) is 0.0604. The first-order valence-corrected chi connectivity index (χ1v) is 7.50. The van der Waals surface area contributed by atoms with Crippen molar-refractivity contribution in [2.24, 2.45) is 5.73 Å². The molecule has 1 heterocycles. The van der Waals surface area contributed by atoms with Crippen molar-refractivity contribution in [2.75, 3.05) is 46.4 Å². The average molecular weight is 291 g/mol. The molecule has 0 bridgehead atoms. The molecule has 5 nitrogen and oxygen atoms in total. The molecule has 0 aromatic heterocycles. The molecule has 0 radical (unpaired) electrons. The van der Waals surface area contributed by atoms with Gasteiger partial charge >= 0.3 is 0 Å². The lowest BCUT2D eigenvalue weighted by Crippen LogP contribution is -2.54. The second kappa shape index (κ2) is 8.12. The predicted octanol–water partition coefficient (Wildman–Crippen LogP) is 0.347. The zero-order valence-electron chi connectivity index (χ0n) is 12.7.